The molecule has 0 N–H and O–H groups in total. The Morgan fingerprint density at radius 3 is 2.73 bits per heavy atom. The van der Waals surface area contributed by atoms with Gasteiger partial charge in [0.05, 0.1) is 5.69 Å². The Balaban J connectivity index is 2.38. The summed E-state index contributed by atoms with van der Waals surface area (Å²) in [5, 5.41) is 0. The van der Waals surface area contributed by atoms with Crippen LogP contribution in [0.25, 0.3) is 5.65 Å². The number of fused-ring (bicyclic) bond motifs is 1. The predicted octanol–water partition coefficient (Wildman–Crippen LogP) is 3.23. The molecule has 0 aliphatic heterocycles. The zero-order valence-corrected chi connectivity index (χ0v) is 9.91. The van der Waals surface area contributed by atoms with E-state index in [1.807, 2.05) is 6.92 Å². The maximum absolute atomic E-state index is 4.47. The van der Waals surface area contributed by atoms with E-state index in [0.717, 1.165) is 17.8 Å². The van der Waals surface area contributed by atoms with Crippen molar-refractivity contribution in [3.63, 3.8) is 0 Å². The summed E-state index contributed by atoms with van der Waals surface area (Å²) in [4.78, 5) is 4.47. The molecule has 0 saturated carbocycles. The van der Waals surface area contributed by atoms with Gasteiger partial charge in [-0.1, -0.05) is 20.8 Å². The SMILES string of the molecule is Cc1cn2ccc(CC(C)(C)C)cc2n1. The molecule has 0 fully saturated rings. The van der Waals surface area contributed by atoms with Gasteiger partial charge in [-0.3, -0.25) is 0 Å². The number of nitrogens with zero attached hydrogens (tertiary/aromatic N) is 2. The van der Waals surface area contributed by atoms with Crippen molar-refractivity contribution in [3.05, 3.63) is 35.8 Å². The van der Waals surface area contributed by atoms with Crippen molar-refractivity contribution in [2.24, 2.45) is 5.41 Å². The third-order valence-corrected chi connectivity index (χ3v) is 2.38. The summed E-state index contributed by atoms with van der Waals surface area (Å²) >= 11 is 0. The van der Waals surface area contributed by atoms with Crippen molar-refractivity contribution in [3.8, 4) is 0 Å². The first-order valence-corrected chi connectivity index (χ1v) is 5.38. The van der Waals surface area contributed by atoms with Crippen molar-refractivity contribution in [2.75, 3.05) is 0 Å². The average Bonchev–Trinajstić information content (AvgIpc) is 2.40. The number of rotatable bonds is 1. The number of aryl methyl sites for hydroxylation is 1. The van der Waals surface area contributed by atoms with E-state index in [9.17, 15) is 0 Å². The molecule has 0 unspecified atom stereocenters. The van der Waals surface area contributed by atoms with Crippen LogP contribution in [-0.2, 0) is 6.42 Å². The van der Waals surface area contributed by atoms with E-state index in [0.29, 0.717) is 5.41 Å². The lowest BCUT2D eigenvalue weighted by molar-refractivity contribution is 0.411. The number of aromatic nitrogens is 2. The fraction of sp³-hybridized carbons (Fsp3) is 0.462. The minimum absolute atomic E-state index is 0.333. The first kappa shape index (κ1) is 10.2. The Morgan fingerprint density at radius 1 is 1.33 bits per heavy atom. The number of imidazole rings is 1. The molecule has 0 aromatic carbocycles. The summed E-state index contributed by atoms with van der Waals surface area (Å²) in [6.07, 6.45) is 5.24. The van der Waals surface area contributed by atoms with Gasteiger partial charge in [0.1, 0.15) is 5.65 Å². The Hall–Kier alpha value is -1.31. The largest absolute Gasteiger partial charge is 0.307 e. The standard InChI is InChI=1S/C13H18N2/c1-10-9-15-6-5-11(7-12(15)14-10)8-13(2,3)4/h5-7,9H,8H2,1-4H3. The van der Waals surface area contributed by atoms with Gasteiger partial charge in [-0.2, -0.15) is 0 Å². The molecule has 80 valence electrons. The third-order valence-electron chi connectivity index (χ3n) is 2.38. The van der Waals surface area contributed by atoms with Crippen molar-refractivity contribution < 1.29 is 0 Å². The zero-order chi connectivity index (χ0) is 11.1. The lowest BCUT2D eigenvalue weighted by Crippen LogP contribution is -2.09. The lowest BCUT2D eigenvalue weighted by Gasteiger charge is -2.17. The molecule has 2 aromatic rings. The zero-order valence-electron chi connectivity index (χ0n) is 9.91. The Labute approximate surface area is 91.0 Å². The maximum Gasteiger partial charge on any atom is 0.137 e. The van der Waals surface area contributed by atoms with E-state index in [1.54, 1.807) is 0 Å². The molecule has 2 nitrogen and oxygen atoms in total. The molecule has 2 heterocycles. The van der Waals surface area contributed by atoms with E-state index in [-0.39, 0.29) is 0 Å². The minimum atomic E-state index is 0.333. The highest BCUT2D eigenvalue weighted by molar-refractivity contribution is 5.43. The first-order chi connectivity index (χ1) is 6.94. The van der Waals surface area contributed by atoms with E-state index < -0.39 is 0 Å². The van der Waals surface area contributed by atoms with Crippen molar-refractivity contribution in [1.29, 1.82) is 0 Å². The molecule has 0 spiro atoms. The van der Waals surface area contributed by atoms with Gasteiger partial charge in [0.15, 0.2) is 0 Å². The van der Waals surface area contributed by atoms with Gasteiger partial charge >= 0.3 is 0 Å². The minimum Gasteiger partial charge on any atom is -0.307 e. The lowest BCUT2D eigenvalue weighted by atomic mass is 9.88. The molecule has 2 aromatic heterocycles. The second-order valence-electron chi connectivity index (χ2n) is 5.42. The topological polar surface area (TPSA) is 17.3 Å². The number of pyridine rings is 1. The smallest absolute Gasteiger partial charge is 0.137 e. The normalized spacial score (nSPS) is 12.3. The van der Waals surface area contributed by atoms with Crippen LogP contribution in [0.15, 0.2) is 24.5 Å². The molecule has 0 aliphatic rings. The van der Waals surface area contributed by atoms with Gasteiger partial charge < -0.3 is 4.40 Å². The van der Waals surface area contributed by atoms with Gasteiger partial charge in [0.2, 0.25) is 0 Å². The van der Waals surface area contributed by atoms with Gasteiger partial charge in [-0.05, 0) is 36.5 Å². The van der Waals surface area contributed by atoms with E-state index in [1.165, 1.54) is 5.56 Å². The summed E-state index contributed by atoms with van der Waals surface area (Å²) in [6.45, 7) is 8.80. The molecule has 0 bridgehead atoms. The van der Waals surface area contributed by atoms with Crippen LogP contribution in [0.1, 0.15) is 32.0 Å². The Kier molecular flexibility index (Phi) is 2.29. The van der Waals surface area contributed by atoms with Crippen LogP contribution in [0.3, 0.4) is 0 Å². The van der Waals surface area contributed by atoms with E-state index in [2.05, 4.69) is 54.7 Å². The summed E-state index contributed by atoms with van der Waals surface area (Å²) in [6, 6.07) is 4.36. The first-order valence-electron chi connectivity index (χ1n) is 5.38. The highest BCUT2D eigenvalue weighted by Crippen LogP contribution is 2.21. The maximum atomic E-state index is 4.47. The summed E-state index contributed by atoms with van der Waals surface area (Å²) in [5.74, 6) is 0. The van der Waals surface area contributed by atoms with Crippen LogP contribution in [0.2, 0.25) is 0 Å². The molecular formula is C13H18N2. The van der Waals surface area contributed by atoms with Gasteiger partial charge in [-0.25, -0.2) is 4.98 Å². The van der Waals surface area contributed by atoms with Crippen LogP contribution in [0.4, 0.5) is 0 Å². The van der Waals surface area contributed by atoms with Gasteiger partial charge in [0, 0.05) is 12.4 Å². The second kappa shape index (κ2) is 3.37. The quantitative estimate of drug-likeness (QED) is 0.694. The summed E-state index contributed by atoms with van der Waals surface area (Å²) in [7, 11) is 0. The summed E-state index contributed by atoms with van der Waals surface area (Å²) in [5.41, 5.74) is 3.82. The molecule has 15 heavy (non-hydrogen) atoms. The van der Waals surface area contributed by atoms with Crippen molar-refractivity contribution >= 4 is 5.65 Å². The van der Waals surface area contributed by atoms with Crippen molar-refractivity contribution in [1.82, 2.24) is 9.38 Å². The van der Waals surface area contributed by atoms with Gasteiger partial charge in [0.25, 0.3) is 0 Å². The molecule has 0 aliphatic carbocycles. The molecule has 2 heteroatoms. The highest BCUT2D eigenvalue weighted by Gasteiger charge is 2.11. The number of hydrogen-bond acceptors (Lipinski definition) is 1. The predicted molar refractivity (Wildman–Crippen MR) is 63.1 cm³/mol. The van der Waals surface area contributed by atoms with Crippen LogP contribution < -0.4 is 0 Å². The van der Waals surface area contributed by atoms with Crippen LogP contribution >= 0.6 is 0 Å². The summed E-state index contributed by atoms with van der Waals surface area (Å²) < 4.78 is 2.07. The molecule has 0 atom stereocenters. The average molecular weight is 202 g/mol. The molecule has 2 rings (SSSR count). The Morgan fingerprint density at radius 2 is 2.07 bits per heavy atom. The van der Waals surface area contributed by atoms with Gasteiger partial charge in [-0.15, -0.1) is 0 Å². The number of hydrogen-bond donors (Lipinski definition) is 0. The second-order valence-corrected chi connectivity index (χ2v) is 5.42. The van der Waals surface area contributed by atoms with Crippen LogP contribution in [0, 0.1) is 12.3 Å². The molecular weight excluding hydrogens is 184 g/mol. The molecule has 0 amide bonds. The molecule has 0 radical (unpaired) electrons. The fourth-order valence-electron chi connectivity index (χ4n) is 1.87. The fourth-order valence-corrected chi connectivity index (χ4v) is 1.87. The van der Waals surface area contributed by atoms with E-state index in [4.69, 9.17) is 0 Å². The highest BCUT2D eigenvalue weighted by atomic mass is 15.0. The van der Waals surface area contributed by atoms with E-state index >= 15 is 0 Å². The Bertz CT molecular complexity index is 475. The molecule has 0 saturated heterocycles. The third kappa shape index (κ3) is 2.38. The monoisotopic (exact) mass is 202 g/mol. The van der Waals surface area contributed by atoms with Crippen LogP contribution in [0.5, 0.6) is 0 Å². The van der Waals surface area contributed by atoms with Crippen molar-refractivity contribution in [2.45, 2.75) is 34.1 Å². The van der Waals surface area contributed by atoms with Crippen LogP contribution in [-0.4, -0.2) is 9.38 Å².